The topological polar surface area (TPSA) is 64.1 Å². The number of benzene rings is 1. The highest BCUT2D eigenvalue weighted by Gasteiger charge is 2.33. The molecule has 1 aliphatic heterocycles. The zero-order valence-corrected chi connectivity index (χ0v) is 18.7. The van der Waals surface area contributed by atoms with Gasteiger partial charge < -0.3 is 24.8 Å². The van der Waals surface area contributed by atoms with Crippen molar-refractivity contribution in [3.8, 4) is 11.5 Å². The van der Waals surface area contributed by atoms with E-state index in [1.165, 1.54) is 25.7 Å². The minimum Gasteiger partial charge on any atom is -0.454 e. The third-order valence-corrected chi connectivity index (χ3v) is 5.33. The smallest absolute Gasteiger partial charge is 0.231 e. The van der Waals surface area contributed by atoms with E-state index in [1.807, 2.05) is 18.2 Å². The Morgan fingerprint density at radius 3 is 2.70 bits per heavy atom. The van der Waals surface area contributed by atoms with Crippen LogP contribution in [0.3, 0.4) is 0 Å². The fraction of sp³-hybridized carbons (Fsp3) is 0.650. The summed E-state index contributed by atoms with van der Waals surface area (Å²) in [5.41, 5.74) is 1.45. The Morgan fingerprint density at radius 1 is 1.19 bits per heavy atom. The number of nitrogens with one attached hydrogen (secondary N) is 2. The van der Waals surface area contributed by atoms with Crippen LogP contribution in [0.25, 0.3) is 0 Å². The van der Waals surface area contributed by atoms with Crippen LogP contribution in [0, 0.1) is 5.41 Å². The second kappa shape index (κ2) is 10.9. The molecule has 0 atom stereocenters. The van der Waals surface area contributed by atoms with Crippen LogP contribution >= 0.6 is 24.0 Å². The molecule has 1 saturated carbocycles. The summed E-state index contributed by atoms with van der Waals surface area (Å²) >= 11 is 0. The molecule has 0 saturated heterocycles. The molecule has 0 bridgehead atoms. The van der Waals surface area contributed by atoms with Crippen LogP contribution < -0.4 is 20.1 Å². The number of fused-ring (bicyclic) bond motifs is 1. The van der Waals surface area contributed by atoms with E-state index in [-0.39, 0.29) is 24.0 Å². The maximum atomic E-state index is 5.45. The molecule has 1 aromatic rings. The second-order valence-electron chi connectivity index (χ2n) is 7.19. The molecule has 27 heavy (non-hydrogen) atoms. The van der Waals surface area contributed by atoms with E-state index in [4.69, 9.17) is 19.2 Å². The summed E-state index contributed by atoms with van der Waals surface area (Å²) in [6.07, 6.45) is 6.28. The van der Waals surface area contributed by atoms with E-state index in [9.17, 15) is 0 Å². The maximum Gasteiger partial charge on any atom is 0.231 e. The first-order valence-corrected chi connectivity index (χ1v) is 9.64. The van der Waals surface area contributed by atoms with E-state index in [1.54, 1.807) is 7.11 Å². The number of rotatable bonds is 8. The van der Waals surface area contributed by atoms with Crippen molar-refractivity contribution in [2.75, 3.05) is 33.6 Å². The fourth-order valence-corrected chi connectivity index (χ4v) is 3.78. The first kappa shape index (κ1) is 22.1. The zero-order chi connectivity index (χ0) is 18.2. The Morgan fingerprint density at radius 2 is 1.96 bits per heavy atom. The molecule has 1 heterocycles. The summed E-state index contributed by atoms with van der Waals surface area (Å²) in [6.45, 7) is 5.62. The Labute approximate surface area is 179 Å². The van der Waals surface area contributed by atoms with Gasteiger partial charge in [0, 0.05) is 26.8 Å². The second-order valence-corrected chi connectivity index (χ2v) is 7.19. The number of nitrogens with zero attached hydrogens (tertiary/aromatic N) is 1. The summed E-state index contributed by atoms with van der Waals surface area (Å²) in [5.74, 6) is 2.48. The van der Waals surface area contributed by atoms with Crippen molar-refractivity contribution in [1.82, 2.24) is 10.6 Å². The van der Waals surface area contributed by atoms with E-state index >= 15 is 0 Å². The van der Waals surface area contributed by atoms with Gasteiger partial charge in [0.2, 0.25) is 6.79 Å². The lowest BCUT2D eigenvalue weighted by atomic mass is 9.83. The van der Waals surface area contributed by atoms with Crippen molar-refractivity contribution in [2.24, 2.45) is 10.4 Å². The predicted molar refractivity (Wildman–Crippen MR) is 118 cm³/mol. The van der Waals surface area contributed by atoms with Gasteiger partial charge in [0.25, 0.3) is 0 Å². The van der Waals surface area contributed by atoms with Gasteiger partial charge in [0.1, 0.15) is 0 Å². The van der Waals surface area contributed by atoms with Crippen molar-refractivity contribution >= 4 is 29.9 Å². The van der Waals surface area contributed by atoms with E-state index in [0.717, 1.165) is 49.1 Å². The lowest BCUT2D eigenvalue weighted by molar-refractivity contribution is 0.138. The van der Waals surface area contributed by atoms with Crippen molar-refractivity contribution < 1.29 is 14.2 Å². The summed E-state index contributed by atoms with van der Waals surface area (Å²) in [5, 5.41) is 6.92. The molecule has 3 rings (SSSR count). The number of methoxy groups -OCH3 is 1. The van der Waals surface area contributed by atoms with E-state index in [2.05, 4.69) is 17.6 Å². The maximum absolute atomic E-state index is 5.45. The lowest BCUT2D eigenvalue weighted by Crippen LogP contribution is -2.43. The highest BCUT2D eigenvalue weighted by atomic mass is 127. The Bertz CT molecular complexity index is 618. The largest absolute Gasteiger partial charge is 0.454 e. The number of ether oxygens (including phenoxy) is 3. The normalized spacial score (nSPS) is 17.5. The van der Waals surface area contributed by atoms with E-state index < -0.39 is 0 Å². The van der Waals surface area contributed by atoms with Crippen LogP contribution in [0.4, 0.5) is 0 Å². The van der Waals surface area contributed by atoms with Gasteiger partial charge in [0.15, 0.2) is 17.5 Å². The van der Waals surface area contributed by atoms with Gasteiger partial charge in [-0.05, 0) is 49.3 Å². The van der Waals surface area contributed by atoms with Gasteiger partial charge in [-0.2, -0.15) is 0 Å². The van der Waals surface area contributed by atoms with Gasteiger partial charge in [-0.3, -0.25) is 0 Å². The molecule has 1 fully saturated rings. The minimum atomic E-state index is 0. The average molecular weight is 489 g/mol. The molecule has 0 amide bonds. The molecule has 2 aliphatic rings. The molecule has 0 aromatic heterocycles. The molecule has 6 nitrogen and oxygen atoms in total. The van der Waals surface area contributed by atoms with Crippen molar-refractivity contribution in [1.29, 1.82) is 0 Å². The van der Waals surface area contributed by atoms with Crippen LogP contribution in [0.15, 0.2) is 23.2 Å². The number of halogens is 1. The minimum absolute atomic E-state index is 0. The van der Waals surface area contributed by atoms with Gasteiger partial charge >= 0.3 is 0 Å². The summed E-state index contributed by atoms with van der Waals surface area (Å²) < 4.78 is 16.1. The highest BCUT2D eigenvalue weighted by Crippen LogP contribution is 2.40. The van der Waals surface area contributed by atoms with Crippen LogP contribution in [0.2, 0.25) is 0 Å². The first-order valence-electron chi connectivity index (χ1n) is 9.64. The van der Waals surface area contributed by atoms with E-state index in [0.29, 0.717) is 18.8 Å². The van der Waals surface area contributed by atoms with Gasteiger partial charge in [0.05, 0.1) is 6.54 Å². The SMILES string of the molecule is CCNC(=NCc1ccc2c(c1)OCO2)NCC1(CCOC)CCCC1.I. The Hall–Kier alpha value is -1.22. The number of hydrogen-bond acceptors (Lipinski definition) is 4. The molecular weight excluding hydrogens is 457 g/mol. The number of guanidine groups is 1. The standard InChI is InChI=1S/C20H31N3O3.HI/c1-3-21-19(23-14-20(10-11-24-2)8-4-5-9-20)22-13-16-6-7-17-18(12-16)26-15-25-17;/h6-7,12H,3-5,8-11,13-15H2,1-2H3,(H2,21,22,23);1H. The summed E-state index contributed by atoms with van der Waals surface area (Å²) in [7, 11) is 1.78. The van der Waals surface area contributed by atoms with Crippen LogP contribution in [-0.2, 0) is 11.3 Å². The summed E-state index contributed by atoms with van der Waals surface area (Å²) in [4.78, 5) is 4.75. The molecule has 0 radical (unpaired) electrons. The molecule has 2 N–H and O–H groups in total. The predicted octanol–water partition coefficient (Wildman–Crippen LogP) is 3.69. The monoisotopic (exact) mass is 489 g/mol. The molecule has 1 aromatic carbocycles. The van der Waals surface area contributed by atoms with Gasteiger partial charge in [-0.25, -0.2) is 4.99 Å². The summed E-state index contributed by atoms with van der Waals surface area (Å²) in [6, 6.07) is 6.00. The third-order valence-electron chi connectivity index (χ3n) is 5.33. The molecular formula is C20H32IN3O3. The van der Waals surface area contributed by atoms with Gasteiger partial charge in [-0.15, -0.1) is 24.0 Å². The van der Waals surface area contributed by atoms with Crippen molar-refractivity contribution in [3.05, 3.63) is 23.8 Å². The molecule has 7 heteroatoms. The Kier molecular flexibility index (Phi) is 8.95. The molecule has 1 aliphatic carbocycles. The quantitative estimate of drug-likeness (QED) is 0.332. The first-order chi connectivity index (χ1) is 12.7. The number of aliphatic imine (C=N–C) groups is 1. The zero-order valence-electron chi connectivity index (χ0n) is 16.4. The Balaban J connectivity index is 0.00000261. The van der Waals surface area contributed by atoms with Crippen molar-refractivity contribution in [3.63, 3.8) is 0 Å². The molecule has 0 spiro atoms. The van der Waals surface area contributed by atoms with Crippen molar-refractivity contribution in [2.45, 2.75) is 45.6 Å². The average Bonchev–Trinajstić information content (AvgIpc) is 3.31. The number of hydrogen-bond donors (Lipinski definition) is 2. The third kappa shape index (κ3) is 6.14. The molecule has 152 valence electrons. The van der Waals surface area contributed by atoms with Crippen LogP contribution in [-0.4, -0.2) is 39.6 Å². The lowest BCUT2D eigenvalue weighted by Gasteiger charge is -2.30. The highest BCUT2D eigenvalue weighted by molar-refractivity contribution is 14.0. The van der Waals surface area contributed by atoms with Gasteiger partial charge in [-0.1, -0.05) is 18.9 Å². The van der Waals surface area contributed by atoms with Crippen LogP contribution in [0.5, 0.6) is 11.5 Å². The molecule has 0 unspecified atom stereocenters. The fourth-order valence-electron chi connectivity index (χ4n) is 3.78. The van der Waals surface area contributed by atoms with Crippen LogP contribution in [0.1, 0.15) is 44.6 Å².